The Hall–Kier alpha value is -2.82. The van der Waals surface area contributed by atoms with E-state index in [0.717, 1.165) is 11.1 Å². The van der Waals surface area contributed by atoms with Crippen molar-refractivity contribution in [2.24, 2.45) is 0 Å². The SMILES string of the molecule is COc1ccc(-c2ccccc2)cc1C1OC(=O)NC1=O. The number of ether oxygens (including phenoxy) is 2. The first kappa shape index (κ1) is 13.2. The number of carbonyl (C=O) groups is 2. The predicted octanol–water partition coefficient (Wildman–Crippen LogP) is 2.67. The van der Waals surface area contributed by atoms with Gasteiger partial charge in [0.05, 0.1) is 7.11 Å². The molecule has 106 valence electrons. The summed E-state index contributed by atoms with van der Waals surface area (Å²) < 4.78 is 10.3. The topological polar surface area (TPSA) is 64.6 Å². The molecule has 1 heterocycles. The van der Waals surface area contributed by atoms with Crippen LogP contribution in [-0.4, -0.2) is 19.1 Å². The highest BCUT2D eigenvalue weighted by molar-refractivity contribution is 6.00. The van der Waals surface area contributed by atoms with Crippen molar-refractivity contribution in [3.63, 3.8) is 0 Å². The van der Waals surface area contributed by atoms with E-state index in [-0.39, 0.29) is 0 Å². The van der Waals surface area contributed by atoms with Crippen LogP contribution in [0.3, 0.4) is 0 Å². The highest BCUT2D eigenvalue weighted by atomic mass is 16.6. The summed E-state index contributed by atoms with van der Waals surface area (Å²) in [5.41, 5.74) is 2.45. The third kappa shape index (κ3) is 2.45. The Morgan fingerprint density at radius 3 is 2.43 bits per heavy atom. The molecule has 1 atom stereocenters. The largest absolute Gasteiger partial charge is 0.496 e. The Morgan fingerprint density at radius 1 is 1.05 bits per heavy atom. The Bertz CT molecular complexity index is 697. The number of amides is 2. The molecule has 1 saturated heterocycles. The van der Waals surface area contributed by atoms with Gasteiger partial charge in [-0.25, -0.2) is 4.79 Å². The Kier molecular flexibility index (Phi) is 3.31. The zero-order chi connectivity index (χ0) is 14.8. The standard InChI is InChI=1S/C16H13NO4/c1-20-13-8-7-11(10-5-3-2-4-6-10)9-12(13)14-15(18)17-16(19)21-14/h2-9,14H,1H3,(H,17,18,19). The van der Waals surface area contributed by atoms with E-state index in [9.17, 15) is 9.59 Å². The fourth-order valence-electron chi connectivity index (χ4n) is 2.31. The van der Waals surface area contributed by atoms with Gasteiger partial charge in [-0.05, 0) is 23.3 Å². The van der Waals surface area contributed by atoms with E-state index in [1.165, 1.54) is 7.11 Å². The summed E-state index contributed by atoms with van der Waals surface area (Å²) in [5.74, 6) is 0.0213. The van der Waals surface area contributed by atoms with Crippen molar-refractivity contribution in [1.82, 2.24) is 5.32 Å². The summed E-state index contributed by atoms with van der Waals surface area (Å²) in [4.78, 5) is 23.0. The highest BCUT2D eigenvalue weighted by Crippen LogP contribution is 2.34. The molecule has 0 radical (unpaired) electrons. The lowest BCUT2D eigenvalue weighted by atomic mass is 9.99. The number of nitrogens with one attached hydrogen (secondary N) is 1. The molecule has 0 saturated carbocycles. The highest BCUT2D eigenvalue weighted by Gasteiger charge is 2.35. The number of imide groups is 1. The molecule has 5 heteroatoms. The Morgan fingerprint density at radius 2 is 1.81 bits per heavy atom. The fraction of sp³-hybridized carbons (Fsp3) is 0.125. The van der Waals surface area contributed by atoms with Gasteiger partial charge in [-0.3, -0.25) is 10.1 Å². The van der Waals surface area contributed by atoms with Gasteiger partial charge in [0, 0.05) is 5.56 Å². The van der Waals surface area contributed by atoms with Crippen molar-refractivity contribution in [1.29, 1.82) is 0 Å². The number of alkyl carbamates (subject to hydrolysis) is 1. The first-order valence-electron chi connectivity index (χ1n) is 6.44. The molecule has 5 nitrogen and oxygen atoms in total. The predicted molar refractivity (Wildman–Crippen MR) is 75.8 cm³/mol. The lowest BCUT2D eigenvalue weighted by Gasteiger charge is -2.13. The fourth-order valence-corrected chi connectivity index (χ4v) is 2.31. The van der Waals surface area contributed by atoms with Crippen molar-refractivity contribution < 1.29 is 19.1 Å². The molecular weight excluding hydrogens is 270 g/mol. The molecule has 0 aliphatic carbocycles. The molecule has 2 aromatic rings. The molecular formula is C16H13NO4. The number of benzene rings is 2. The van der Waals surface area contributed by atoms with Crippen molar-refractivity contribution in [3.8, 4) is 16.9 Å². The van der Waals surface area contributed by atoms with Gasteiger partial charge in [-0.15, -0.1) is 0 Å². The number of rotatable bonds is 3. The van der Waals surface area contributed by atoms with E-state index >= 15 is 0 Å². The van der Waals surface area contributed by atoms with E-state index in [1.807, 2.05) is 36.4 Å². The first-order valence-corrected chi connectivity index (χ1v) is 6.44. The second-order valence-electron chi connectivity index (χ2n) is 4.60. The third-order valence-corrected chi connectivity index (χ3v) is 3.31. The van der Waals surface area contributed by atoms with Gasteiger partial charge in [0.2, 0.25) is 6.10 Å². The minimum absolute atomic E-state index is 0.483. The maximum Gasteiger partial charge on any atom is 0.415 e. The van der Waals surface area contributed by atoms with Crippen LogP contribution in [0.4, 0.5) is 4.79 Å². The normalized spacial score (nSPS) is 17.3. The molecule has 1 unspecified atom stereocenters. The number of carbonyl (C=O) groups excluding carboxylic acids is 2. The molecule has 3 rings (SSSR count). The van der Waals surface area contributed by atoms with Crippen LogP contribution >= 0.6 is 0 Å². The van der Waals surface area contributed by atoms with Gasteiger partial charge in [-0.1, -0.05) is 36.4 Å². The molecule has 1 N–H and O–H groups in total. The van der Waals surface area contributed by atoms with Gasteiger partial charge in [0.1, 0.15) is 5.75 Å². The van der Waals surface area contributed by atoms with Crippen molar-refractivity contribution in [2.75, 3.05) is 7.11 Å². The summed E-state index contributed by atoms with van der Waals surface area (Å²) in [5, 5.41) is 2.12. The van der Waals surface area contributed by atoms with Crippen LogP contribution in [0.25, 0.3) is 11.1 Å². The number of methoxy groups -OCH3 is 1. The molecule has 2 aromatic carbocycles. The van der Waals surface area contributed by atoms with Crippen LogP contribution in [0.15, 0.2) is 48.5 Å². The van der Waals surface area contributed by atoms with E-state index in [1.54, 1.807) is 12.1 Å². The van der Waals surface area contributed by atoms with E-state index < -0.39 is 18.1 Å². The Labute approximate surface area is 121 Å². The molecule has 21 heavy (non-hydrogen) atoms. The van der Waals surface area contributed by atoms with Gasteiger partial charge in [0.25, 0.3) is 5.91 Å². The van der Waals surface area contributed by atoms with Gasteiger partial charge >= 0.3 is 6.09 Å². The molecule has 2 amide bonds. The molecule has 1 fully saturated rings. The summed E-state index contributed by atoms with van der Waals surface area (Å²) in [6, 6.07) is 15.2. The second-order valence-corrected chi connectivity index (χ2v) is 4.60. The van der Waals surface area contributed by atoms with Crippen LogP contribution in [-0.2, 0) is 9.53 Å². The van der Waals surface area contributed by atoms with Crippen molar-refractivity contribution in [2.45, 2.75) is 6.10 Å². The van der Waals surface area contributed by atoms with Crippen LogP contribution in [0.5, 0.6) is 5.75 Å². The maximum atomic E-state index is 11.8. The Balaban J connectivity index is 2.06. The zero-order valence-corrected chi connectivity index (χ0v) is 11.3. The van der Waals surface area contributed by atoms with Gasteiger partial charge < -0.3 is 9.47 Å². The molecule has 0 spiro atoms. The van der Waals surface area contributed by atoms with Crippen molar-refractivity contribution >= 4 is 12.0 Å². The van der Waals surface area contributed by atoms with Crippen LogP contribution in [0, 0.1) is 0 Å². The minimum atomic E-state index is -0.976. The minimum Gasteiger partial charge on any atom is -0.496 e. The van der Waals surface area contributed by atoms with E-state index in [0.29, 0.717) is 11.3 Å². The van der Waals surface area contributed by atoms with Crippen LogP contribution in [0.2, 0.25) is 0 Å². The quantitative estimate of drug-likeness (QED) is 0.940. The lowest BCUT2D eigenvalue weighted by molar-refractivity contribution is -0.123. The van der Waals surface area contributed by atoms with Gasteiger partial charge in [0.15, 0.2) is 0 Å². The van der Waals surface area contributed by atoms with E-state index in [4.69, 9.17) is 9.47 Å². The molecule has 0 bridgehead atoms. The van der Waals surface area contributed by atoms with Crippen LogP contribution < -0.4 is 10.1 Å². The molecule has 0 aromatic heterocycles. The summed E-state index contributed by atoms with van der Waals surface area (Å²) in [6.45, 7) is 0. The lowest BCUT2D eigenvalue weighted by Crippen LogP contribution is -2.20. The number of cyclic esters (lactones) is 1. The third-order valence-electron chi connectivity index (χ3n) is 3.31. The first-order chi connectivity index (χ1) is 10.2. The average Bonchev–Trinajstić information content (AvgIpc) is 2.86. The summed E-state index contributed by atoms with van der Waals surface area (Å²) in [7, 11) is 1.51. The molecule has 1 aliphatic rings. The van der Waals surface area contributed by atoms with E-state index in [2.05, 4.69) is 5.32 Å². The summed E-state index contributed by atoms with van der Waals surface area (Å²) in [6.07, 6.45) is -1.71. The monoisotopic (exact) mass is 283 g/mol. The molecule has 1 aliphatic heterocycles. The van der Waals surface area contributed by atoms with Gasteiger partial charge in [-0.2, -0.15) is 0 Å². The smallest absolute Gasteiger partial charge is 0.415 e. The van der Waals surface area contributed by atoms with Crippen LogP contribution in [0.1, 0.15) is 11.7 Å². The number of hydrogen-bond acceptors (Lipinski definition) is 4. The maximum absolute atomic E-state index is 11.8. The summed E-state index contributed by atoms with van der Waals surface area (Å²) >= 11 is 0. The average molecular weight is 283 g/mol. The zero-order valence-electron chi connectivity index (χ0n) is 11.3. The van der Waals surface area contributed by atoms with Crippen molar-refractivity contribution in [3.05, 3.63) is 54.1 Å². The second kappa shape index (κ2) is 5.28. The number of hydrogen-bond donors (Lipinski definition) is 1.